The fourth-order valence-corrected chi connectivity index (χ4v) is 3.78. The largest absolute Gasteiger partial charge is 0.494 e. The molecule has 0 aliphatic heterocycles. The maximum Gasteiger partial charge on any atom is 0.352 e. The van der Waals surface area contributed by atoms with Gasteiger partial charge in [-0.05, 0) is 42.2 Å². The predicted molar refractivity (Wildman–Crippen MR) is 127 cm³/mol. The van der Waals surface area contributed by atoms with Crippen LogP contribution in [0.2, 0.25) is 0 Å². The van der Waals surface area contributed by atoms with Crippen LogP contribution in [-0.2, 0) is 32.1 Å². The Kier molecular flexibility index (Phi) is 8.18. The van der Waals surface area contributed by atoms with E-state index in [9.17, 15) is 22.4 Å². The highest BCUT2D eigenvalue weighted by Crippen LogP contribution is 2.25. The van der Waals surface area contributed by atoms with Crippen LogP contribution < -0.4 is 10.4 Å². The van der Waals surface area contributed by atoms with E-state index in [-0.39, 0.29) is 48.7 Å². The number of benzene rings is 1. The monoisotopic (exact) mass is 506 g/mol. The highest BCUT2D eigenvalue weighted by atomic mass is 32.2. The number of carbonyl (C=O) groups excluding carboxylic acids is 1. The number of methoxy groups -OCH3 is 1. The first kappa shape index (κ1) is 26.2. The number of hydrogen-bond donors (Lipinski definition) is 0. The fraction of sp³-hybridized carbons (Fsp3) is 0.391. The second-order valence-electron chi connectivity index (χ2n) is 8.39. The highest BCUT2D eigenvalue weighted by molar-refractivity contribution is 7.85. The minimum absolute atomic E-state index is 0.0247. The van der Waals surface area contributed by atoms with Crippen molar-refractivity contribution in [3.63, 3.8) is 0 Å². The van der Waals surface area contributed by atoms with Gasteiger partial charge in [-0.1, -0.05) is 19.9 Å². The zero-order valence-corrected chi connectivity index (χ0v) is 20.7. The van der Waals surface area contributed by atoms with Gasteiger partial charge in [-0.25, -0.2) is 14.2 Å². The van der Waals surface area contributed by atoms with Crippen LogP contribution in [0.15, 0.2) is 41.3 Å². The first-order chi connectivity index (χ1) is 16.5. The summed E-state index contributed by atoms with van der Waals surface area (Å²) in [7, 11) is -2.22. The van der Waals surface area contributed by atoms with Crippen LogP contribution in [0.1, 0.15) is 25.8 Å². The Labute approximate surface area is 202 Å². The van der Waals surface area contributed by atoms with Gasteiger partial charge in [-0.3, -0.25) is 13.5 Å². The average Bonchev–Trinajstić information content (AvgIpc) is 3.09. The van der Waals surface area contributed by atoms with E-state index in [1.807, 2.05) is 13.8 Å². The molecule has 0 saturated carbocycles. The summed E-state index contributed by atoms with van der Waals surface area (Å²) in [5, 5.41) is 4.38. The summed E-state index contributed by atoms with van der Waals surface area (Å²) >= 11 is 0. The van der Waals surface area contributed by atoms with Gasteiger partial charge >= 0.3 is 5.69 Å². The molecule has 0 unspecified atom stereocenters. The van der Waals surface area contributed by atoms with Gasteiger partial charge in [0.05, 0.1) is 26.5 Å². The number of Topliss-reactive ketones (excluding diaryl/α,β-unsaturated/α-hetero) is 1. The number of carbonyl (C=O) groups is 1. The zero-order valence-electron chi connectivity index (χ0n) is 19.9. The van der Waals surface area contributed by atoms with Crippen molar-refractivity contribution in [3.05, 3.63) is 58.4 Å². The molecule has 0 bridgehead atoms. The van der Waals surface area contributed by atoms with E-state index in [0.29, 0.717) is 17.5 Å². The van der Waals surface area contributed by atoms with E-state index >= 15 is 0 Å². The van der Waals surface area contributed by atoms with Crippen molar-refractivity contribution in [2.75, 3.05) is 20.0 Å². The van der Waals surface area contributed by atoms with Gasteiger partial charge in [0.2, 0.25) is 0 Å². The molecule has 12 heteroatoms. The van der Waals surface area contributed by atoms with Crippen molar-refractivity contribution in [1.29, 1.82) is 0 Å². The minimum Gasteiger partial charge on any atom is -0.494 e. The van der Waals surface area contributed by atoms with E-state index in [2.05, 4.69) is 10.1 Å². The summed E-state index contributed by atoms with van der Waals surface area (Å²) in [5.41, 5.74) is 0.507. The van der Waals surface area contributed by atoms with E-state index in [0.717, 1.165) is 10.9 Å². The van der Waals surface area contributed by atoms with Gasteiger partial charge in [-0.15, -0.1) is 5.10 Å². The molecule has 1 aromatic carbocycles. The van der Waals surface area contributed by atoms with Crippen molar-refractivity contribution in [3.8, 4) is 23.0 Å². The Morgan fingerprint density at radius 1 is 1.20 bits per heavy atom. The first-order valence-electron chi connectivity index (χ1n) is 10.8. The van der Waals surface area contributed by atoms with Gasteiger partial charge in [0, 0.05) is 18.2 Å². The Balaban J connectivity index is 1.99. The predicted octanol–water partition coefficient (Wildman–Crippen LogP) is 2.38. The molecular weight excluding hydrogens is 479 g/mol. The molecule has 35 heavy (non-hydrogen) atoms. The topological polar surface area (TPSA) is 122 Å². The Morgan fingerprint density at radius 2 is 1.94 bits per heavy atom. The summed E-state index contributed by atoms with van der Waals surface area (Å²) < 4.78 is 48.2. The molecule has 188 valence electrons. The van der Waals surface area contributed by atoms with E-state index in [1.54, 1.807) is 12.1 Å². The average molecular weight is 507 g/mol. The summed E-state index contributed by atoms with van der Waals surface area (Å²) in [4.78, 5) is 30.1. The Morgan fingerprint density at radius 3 is 2.54 bits per heavy atom. The number of ketones is 1. The van der Waals surface area contributed by atoms with Crippen LogP contribution in [0.5, 0.6) is 5.75 Å². The fourth-order valence-electron chi connectivity index (χ4n) is 3.40. The van der Waals surface area contributed by atoms with Gasteiger partial charge in [0.25, 0.3) is 10.1 Å². The molecule has 10 nitrogen and oxygen atoms in total. The summed E-state index contributed by atoms with van der Waals surface area (Å²) in [6.45, 7) is 3.57. The molecule has 0 radical (unpaired) electrons. The lowest BCUT2D eigenvalue weighted by Crippen LogP contribution is -2.27. The third-order valence-electron chi connectivity index (χ3n) is 4.96. The van der Waals surface area contributed by atoms with Gasteiger partial charge in [-0.2, -0.15) is 13.1 Å². The lowest BCUT2D eigenvalue weighted by atomic mass is 10.1. The molecule has 0 saturated heterocycles. The number of pyridine rings is 1. The summed E-state index contributed by atoms with van der Waals surface area (Å²) in [5.74, 6) is -0.262. The van der Waals surface area contributed by atoms with Crippen molar-refractivity contribution in [1.82, 2.24) is 19.3 Å². The molecule has 0 N–H and O–H groups in total. The molecule has 3 rings (SSSR count). The third kappa shape index (κ3) is 6.83. The second-order valence-corrected chi connectivity index (χ2v) is 10.0. The number of hydrogen-bond acceptors (Lipinski definition) is 8. The van der Waals surface area contributed by atoms with Crippen LogP contribution in [-0.4, -0.2) is 53.5 Å². The maximum atomic E-state index is 14.0. The standard InChI is InChI=1S/C23H27FN4O6S/c1-15(2)11-18(29)14-27-22(17-6-7-19(24)20(12-17)33-3)26-28(23(27)30)21-8-5-16(13-25-21)9-10-34-35(4,31)32/h5-8,12-13,15H,9-11,14H2,1-4H3. The SMILES string of the molecule is COc1cc(-c2nn(-c3ccc(CCOS(C)(=O)=O)cn3)c(=O)n2CC(=O)CC(C)C)ccc1F. The molecule has 2 heterocycles. The molecule has 0 aliphatic carbocycles. The third-order valence-corrected chi connectivity index (χ3v) is 5.55. The second kappa shape index (κ2) is 10.9. The zero-order chi connectivity index (χ0) is 25.8. The lowest BCUT2D eigenvalue weighted by molar-refractivity contribution is -0.120. The van der Waals surface area contributed by atoms with Gasteiger partial charge < -0.3 is 4.74 Å². The normalized spacial score (nSPS) is 11.7. The molecule has 3 aromatic rings. The van der Waals surface area contributed by atoms with Crippen molar-refractivity contribution in [2.24, 2.45) is 5.92 Å². The Hall–Kier alpha value is -3.38. The minimum atomic E-state index is -3.54. The number of rotatable bonds is 11. The maximum absolute atomic E-state index is 14.0. The van der Waals surface area contributed by atoms with Crippen molar-refractivity contribution in [2.45, 2.75) is 33.2 Å². The van der Waals surface area contributed by atoms with Crippen LogP contribution >= 0.6 is 0 Å². The van der Waals surface area contributed by atoms with Gasteiger partial charge in [0.1, 0.15) is 0 Å². The van der Waals surface area contributed by atoms with Crippen LogP contribution in [0.25, 0.3) is 17.2 Å². The lowest BCUT2D eigenvalue weighted by Gasteiger charge is -2.08. The van der Waals surface area contributed by atoms with Crippen LogP contribution in [0.3, 0.4) is 0 Å². The molecule has 0 atom stereocenters. The van der Waals surface area contributed by atoms with E-state index < -0.39 is 21.6 Å². The van der Waals surface area contributed by atoms with Crippen LogP contribution in [0.4, 0.5) is 4.39 Å². The molecule has 0 aliphatic rings. The van der Waals surface area contributed by atoms with Crippen molar-refractivity contribution < 1.29 is 26.5 Å². The van der Waals surface area contributed by atoms with Gasteiger partial charge in [0.15, 0.2) is 29.0 Å². The summed E-state index contributed by atoms with van der Waals surface area (Å²) in [6, 6.07) is 7.28. The Bertz CT molecular complexity index is 1360. The first-order valence-corrected chi connectivity index (χ1v) is 12.7. The molecule has 2 aromatic heterocycles. The van der Waals surface area contributed by atoms with E-state index in [1.165, 1.54) is 36.1 Å². The summed E-state index contributed by atoms with van der Waals surface area (Å²) in [6.07, 6.45) is 3.04. The van der Waals surface area contributed by atoms with Crippen LogP contribution in [0, 0.1) is 11.7 Å². The molecule has 0 amide bonds. The molecule has 0 spiro atoms. The quantitative estimate of drug-likeness (QED) is 0.363. The molecule has 0 fully saturated rings. The number of aromatic nitrogens is 4. The number of nitrogens with zero attached hydrogens (tertiary/aromatic N) is 4. The van der Waals surface area contributed by atoms with Crippen molar-refractivity contribution >= 4 is 15.9 Å². The molecular formula is C23H27FN4O6S. The number of halogens is 1. The smallest absolute Gasteiger partial charge is 0.352 e. The van der Waals surface area contributed by atoms with E-state index in [4.69, 9.17) is 8.92 Å². The number of ether oxygens (including phenoxy) is 1. The highest BCUT2D eigenvalue weighted by Gasteiger charge is 2.21.